The normalized spacial score (nSPS) is 41.5. The second-order valence-electron chi connectivity index (χ2n) is 14.7. The first-order valence-corrected chi connectivity index (χ1v) is 15.3. The zero-order chi connectivity index (χ0) is 27.0. The van der Waals surface area contributed by atoms with Crippen LogP contribution in [0, 0.1) is 16.7 Å². The highest BCUT2D eigenvalue weighted by Crippen LogP contribution is 2.66. The Morgan fingerprint density at radius 3 is 2.64 bits per heavy atom. The lowest BCUT2D eigenvalue weighted by Crippen LogP contribution is -2.65. The summed E-state index contributed by atoms with van der Waals surface area (Å²) < 4.78 is 18.0. The highest BCUT2D eigenvalue weighted by atomic mass is 16.5. The van der Waals surface area contributed by atoms with E-state index < -0.39 is 0 Å². The van der Waals surface area contributed by atoms with Crippen molar-refractivity contribution in [2.75, 3.05) is 27.3 Å². The Morgan fingerprint density at radius 2 is 1.92 bits per heavy atom. The van der Waals surface area contributed by atoms with Crippen LogP contribution in [0.1, 0.15) is 89.2 Å². The van der Waals surface area contributed by atoms with Crippen LogP contribution in [0.5, 0.6) is 11.5 Å². The molecule has 1 aromatic carbocycles. The third kappa shape index (κ3) is 4.23. The van der Waals surface area contributed by atoms with Gasteiger partial charge in [-0.25, -0.2) is 0 Å². The summed E-state index contributed by atoms with van der Waals surface area (Å²) in [6, 6.07) is 4.28. The van der Waals surface area contributed by atoms with Gasteiger partial charge >= 0.3 is 0 Å². The molecule has 0 saturated heterocycles. The molecule has 212 valence electrons. The van der Waals surface area contributed by atoms with Gasteiger partial charge in [0, 0.05) is 37.6 Å². The summed E-state index contributed by atoms with van der Waals surface area (Å²) in [5, 5.41) is 3.61. The molecule has 8 rings (SSSR count). The molecule has 4 bridgehead atoms. The van der Waals surface area contributed by atoms with Crippen LogP contribution < -0.4 is 14.8 Å². The highest BCUT2D eigenvalue weighted by molar-refractivity contribution is 5.77. The van der Waals surface area contributed by atoms with Gasteiger partial charge in [-0.2, -0.15) is 0 Å². The first-order valence-electron chi connectivity index (χ1n) is 15.3. The molecule has 7 aliphatic rings. The van der Waals surface area contributed by atoms with Crippen molar-refractivity contribution < 1.29 is 19.0 Å². The maximum atomic E-state index is 13.3. The third-order valence-corrected chi connectivity index (χ3v) is 11.2. The fourth-order valence-electron chi connectivity index (χ4n) is 10.8. The average molecular weight is 535 g/mol. The van der Waals surface area contributed by atoms with E-state index in [0.717, 1.165) is 56.3 Å². The topological polar surface area (TPSA) is 60.0 Å². The average Bonchev–Trinajstić information content (AvgIpc) is 3.10. The minimum absolute atomic E-state index is 0.0444. The van der Waals surface area contributed by atoms with Crippen molar-refractivity contribution in [1.29, 1.82) is 0 Å². The molecule has 4 fully saturated rings. The van der Waals surface area contributed by atoms with E-state index in [4.69, 9.17) is 14.2 Å². The number of ether oxygens (including phenoxy) is 3. The lowest BCUT2D eigenvalue weighted by atomic mass is 9.43. The Labute approximate surface area is 233 Å². The second kappa shape index (κ2) is 8.97. The van der Waals surface area contributed by atoms with Crippen LogP contribution in [0.4, 0.5) is 0 Å². The van der Waals surface area contributed by atoms with Crippen molar-refractivity contribution in [3.8, 4) is 11.5 Å². The van der Waals surface area contributed by atoms with Gasteiger partial charge in [-0.1, -0.05) is 32.1 Å². The second-order valence-corrected chi connectivity index (χ2v) is 14.7. The standard InChI is InChI=1S/C33H46N2O4/c1-30-15-22-16-31(2,19-30)21-32(17-22,20-30)34-27(36)6-5-12-35-13-11-33-10-9-24(37-3)14-26(33)39-29-25(38-4)8-7-23(18-35)28(29)33/h7-10,22,24,26H,5-6,11-21H2,1-4H3,(H,34,36)/t22?,24-,26-,30?,31?,32?,33-/m0/s1. The van der Waals surface area contributed by atoms with Crippen LogP contribution >= 0.6 is 0 Å². The van der Waals surface area contributed by atoms with E-state index in [1.807, 2.05) is 0 Å². The van der Waals surface area contributed by atoms with Crippen molar-refractivity contribution >= 4 is 5.91 Å². The maximum absolute atomic E-state index is 13.3. The molecular weight excluding hydrogens is 488 g/mol. The third-order valence-electron chi connectivity index (χ3n) is 11.2. The van der Waals surface area contributed by atoms with E-state index in [-0.39, 0.29) is 29.1 Å². The molecule has 0 aromatic heterocycles. The van der Waals surface area contributed by atoms with Gasteiger partial charge in [-0.05, 0) is 92.8 Å². The molecule has 2 aliphatic heterocycles. The van der Waals surface area contributed by atoms with Crippen LogP contribution in [0.2, 0.25) is 0 Å². The van der Waals surface area contributed by atoms with Gasteiger partial charge in [0.1, 0.15) is 6.10 Å². The number of carbonyl (C=O) groups is 1. The number of benzene rings is 1. The summed E-state index contributed by atoms with van der Waals surface area (Å²) in [7, 11) is 3.50. The number of carbonyl (C=O) groups excluding carboxylic acids is 1. The SMILES string of the molecule is COc1ccc2c3c1O[C@H]1C[C@@H](OC)C=C[C@@]31CCN(CCCC(=O)NC13CC4CC(C)(CC(C)(C4)C1)C3)C2. The van der Waals surface area contributed by atoms with Gasteiger partial charge in [0.2, 0.25) is 5.91 Å². The molecule has 6 nitrogen and oxygen atoms in total. The molecule has 4 saturated carbocycles. The van der Waals surface area contributed by atoms with Gasteiger partial charge in [0.05, 0.1) is 18.6 Å². The molecule has 0 radical (unpaired) electrons. The number of rotatable bonds is 7. The summed E-state index contributed by atoms with van der Waals surface area (Å²) >= 11 is 0. The number of hydrogen-bond acceptors (Lipinski definition) is 5. The summed E-state index contributed by atoms with van der Waals surface area (Å²) in [6.07, 6.45) is 15.7. The zero-order valence-corrected chi connectivity index (χ0v) is 24.3. The van der Waals surface area contributed by atoms with Crippen LogP contribution in [-0.2, 0) is 21.5 Å². The van der Waals surface area contributed by atoms with Crippen molar-refractivity contribution in [2.45, 2.75) is 108 Å². The molecule has 1 spiro atoms. The molecule has 39 heavy (non-hydrogen) atoms. The van der Waals surface area contributed by atoms with Gasteiger partial charge in [0.25, 0.3) is 0 Å². The van der Waals surface area contributed by atoms with Gasteiger partial charge in [-0.15, -0.1) is 0 Å². The fraction of sp³-hybridized carbons (Fsp3) is 0.727. The molecule has 1 N–H and O–H groups in total. The van der Waals surface area contributed by atoms with Gasteiger partial charge < -0.3 is 19.5 Å². The number of nitrogens with zero attached hydrogens (tertiary/aromatic N) is 1. The number of nitrogens with one attached hydrogen (secondary N) is 1. The lowest BCUT2D eigenvalue weighted by molar-refractivity contribution is -0.139. The fourth-order valence-corrected chi connectivity index (χ4v) is 10.8. The minimum Gasteiger partial charge on any atom is -0.493 e. The molecule has 2 heterocycles. The molecule has 1 amide bonds. The maximum Gasteiger partial charge on any atom is 0.220 e. The summed E-state index contributed by atoms with van der Waals surface area (Å²) in [5.41, 5.74) is 3.38. The lowest BCUT2D eigenvalue weighted by Gasteiger charge is -2.65. The summed E-state index contributed by atoms with van der Waals surface area (Å²) in [5.74, 6) is 2.80. The molecule has 2 unspecified atom stereocenters. The van der Waals surface area contributed by atoms with Crippen molar-refractivity contribution in [1.82, 2.24) is 10.2 Å². The van der Waals surface area contributed by atoms with Crippen LogP contribution in [0.15, 0.2) is 24.3 Å². The molecule has 1 aromatic rings. The minimum atomic E-state index is -0.134. The van der Waals surface area contributed by atoms with Crippen LogP contribution in [-0.4, -0.2) is 55.9 Å². The molecule has 6 heteroatoms. The molecule has 5 atom stereocenters. The summed E-state index contributed by atoms with van der Waals surface area (Å²) in [6.45, 7) is 7.76. The van der Waals surface area contributed by atoms with Crippen molar-refractivity contribution in [3.05, 3.63) is 35.4 Å². The van der Waals surface area contributed by atoms with Crippen molar-refractivity contribution in [3.63, 3.8) is 0 Å². The van der Waals surface area contributed by atoms with E-state index in [0.29, 0.717) is 17.3 Å². The molecule has 5 aliphatic carbocycles. The Morgan fingerprint density at radius 1 is 1.13 bits per heavy atom. The van der Waals surface area contributed by atoms with Crippen LogP contribution in [0.3, 0.4) is 0 Å². The van der Waals surface area contributed by atoms with Crippen LogP contribution in [0.25, 0.3) is 0 Å². The monoisotopic (exact) mass is 534 g/mol. The number of methoxy groups -OCH3 is 2. The predicted octanol–water partition coefficient (Wildman–Crippen LogP) is 5.52. The smallest absolute Gasteiger partial charge is 0.220 e. The Kier molecular flexibility index (Phi) is 5.96. The van der Waals surface area contributed by atoms with Gasteiger partial charge in [-0.3, -0.25) is 9.69 Å². The number of hydrogen-bond donors (Lipinski definition) is 1. The van der Waals surface area contributed by atoms with E-state index in [1.54, 1.807) is 14.2 Å². The Balaban J connectivity index is 1.02. The summed E-state index contributed by atoms with van der Waals surface area (Å²) in [4.78, 5) is 15.8. The Hall–Kier alpha value is -2.05. The number of amides is 1. The largest absolute Gasteiger partial charge is 0.493 e. The van der Waals surface area contributed by atoms with E-state index in [1.165, 1.54) is 49.7 Å². The zero-order valence-electron chi connectivity index (χ0n) is 24.3. The first kappa shape index (κ1) is 25.9. The predicted molar refractivity (Wildman–Crippen MR) is 151 cm³/mol. The highest BCUT2D eigenvalue weighted by Gasteiger charge is 2.60. The van der Waals surface area contributed by atoms with E-state index >= 15 is 0 Å². The van der Waals surface area contributed by atoms with Crippen molar-refractivity contribution in [2.24, 2.45) is 16.7 Å². The first-order chi connectivity index (χ1) is 18.7. The van der Waals surface area contributed by atoms with E-state index in [9.17, 15) is 4.79 Å². The van der Waals surface area contributed by atoms with E-state index in [2.05, 4.69) is 48.3 Å². The molecular formula is C33H46N2O4. The Bertz CT molecular complexity index is 1180. The van der Waals surface area contributed by atoms with Gasteiger partial charge in [0.15, 0.2) is 11.5 Å². The quantitative estimate of drug-likeness (QED) is 0.467.